The van der Waals surface area contributed by atoms with Crippen molar-refractivity contribution < 1.29 is 8.42 Å². The summed E-state index contributed by atoms with van der Waals surface area (Å²) in [5.74, 6) is 0. The molecule has 0 saturated heterocycles. The highest BCUT2D eigenvalue weighted by atomic mass is 35.5. The van der Waals surface area contributed by atoms with Gasteiger partial charge in [-0.2, -0.15) is 4.31 Å². The van der Waals surface area contributed by atoms with Crippen molar-refractivity contribution in [2.24, 2.45) is 0 Å². The van der Waals surface area contributed by atoms with Crippen LogP contribution in [0.2, 0.25) is 5.02 Å². The van der Waals surface area contributed by atoms with Gasteiger partial charge in [0.1, 0.15) is 0 Å². The van der Waals surface area contributed by atoms with Gasteiger partial charge in [0.2, 0.25) is 10.0 Å². The van der Waals surface area contributed by atoms with Crippen molar-refractivity contribution in [3.05, 3.63) is 28.8 Å². The first-order valence-electron chi connectivity index (χ1n) is 7.27. The standard InChI is InChI=1S/C15H23ClN2O2S/c1-11-10-12(16)4-9-15(11)21(19,20)18(3)14-7-5-13(17-2)6-8-14/h4,9-10,13-14,17H,5-8H2,1-3H3. The first kappa shape index (κ1) is 16.7. The predicted molar refractivity (Wildman–Crippen MR) is 86.2 cm³/mol. The summed E-state index contributed by atoms with van der Waals surface area (Å²) in [6.45, 7) is 1.78. The summed E-state index contributed by atoms with van der Waals surface area (Å²) >= 11 is 5.91. The van der Waals surface area contributed by atoms with E-state index in [1.807, 2.05) is 7.05 Å². The molecule has 1 N–H and O–H groups in total. The van der Waals surface area contributed by atoms with Crippen molar-refractivity contribution in [3.8, 4) is 0 Å². The molecule has 0 radical (unpaired) electrons. The first-order chi connectivity index (χ1) is 9.86. The molecule has 1 aromatic rings. The van der Waals surface area contributed by atoms with Crippen LogP contribution in [0.4, 0.5) is 0 Å². The molecule has 6 heteroatoms. The molecule has 0 amide bonds. The van der Waals surface area contributed by atoms with Gasteiger partial charge in [-0.15, -0.1) is 0 Å². The number of halogens is 1. The van der Waals surface area contributed by atoms with Crippen molar-refractivity contribution in [2.45, 2.75) is 49.6 Å². The Morgan fingerprint density at radius 2 is 1.86 bits per heavy atom. The Morgan fingerprint density at radius 1 is 1.24 bits per heavy atom. The fraction of sp³-hybridized carbons (Fsp3) is 0.600. The normalized spacial score (nSPS) is 23.5. The van der Waals surface area contributed by atoms with Gasteiger partial charge in [-0.3, -0.25) is 0 Å². The molecule has 0 bridgehead atoms. The van der Waals surface area contributed by atoms with Crippen LogP contribution in [0.1, 0.15) is 31.2 Å². The molecular formula is C15H23ClN2O2S. The zero-order valence-corrected chi connectivity index (χ0v) is 14.3. The lowest BCUT2D eigenvalue weighted by Crippen LogP contribution is -2.42. The molecule has 0 spiro atoms. The van der Waals surface area contributed by atoms with Crippen molar-refractivity contribution in [2.75, 3.05) is 14.1 Å². The molecule has 1 aromatic carbocycles. The molecule has 0 heterocycles. The number of benzene rings is 1. The summed E-state index contributed by atoms with van der Waals surface area (Å²) in [4.78, 5) is 0.352. The second kappa shape index (κ2) is 6.65. The van der Waals surface area contributed by atoms with E-state index in [2.05, 4.69) is 5.32 Å². The average Bonchev–Trinajstić information content (AvgIpc) is 2.46. The first-order valence-corrected chi connectivity index (χ1v) is 9.09. The highest BCUT2D eigenvalue weighted by molar-refractivity contribution is 7.89. The minimum Gasteiger partial charge on any atom is -0.317 e. The predicted octanol–water partition coefficient (Wildman–Crippen LogP) is 2.80. The number of hydrogen-bond donors (Lipinski definition) is 1. The highest BCUT2D eigenvalue weighted by Gasteiger charge is 2.31. The van der Waals surface area contributed by atoms with Gasteiger partial charge in [0.15, 0.2) is 0 Å². The summed E-state index contributed by atoms with van der Waals surface area (Å²) in [5.41, 5.74) is 0.693. The van der Waals surface area contributed by atoms with Gasteiger partial charge < -0.3 is 5.32 Å². The van der Waals surface area contributed by atoms with Gasteiger partial charge in [0.05, 0.1) is 4.90 Å². The van der Waals surface area contributed by atoms with Crippen LogP contribution in [0.15, 0.2) is 23.1 Å². The van der Waals surface area contributed by atoms with Crippen LogP contribution in [0, 0.1) is 6.92 Å². The molecule has 2 rings (SSSR count). The van der Waals surface area contributed by atoms with Gasteiger partial charge in [0.25, 0.3) is 0 Å². The number of hydrogen-bond acceptors (Lipinski definition) is 3. The maximum atomic E-state index is 12.8. The topological polar surface area (TPSA) is 49.4 Å². The Morgan fingerprint density at radius 3 is 2.38 bits per heavy atom. The third-order valence-electron chi connectivity index (χ3n) is 4.41. The van der Waals surface area contributed by atoms with Crippen LogP contribution in [0.3, 0.4) is 0 Å². The zero-order valence-electron chi connectivity index (χ0n) is 12.8. The fourth-order valence-corrected chi connectivity index (χ4v) is 4.83. The molecular weight excluding hydrogens is 308 g/mol. The lowest BCUT2D eigenvalue weighted by Gasteiger charge is -2.34. The van der Waals surface area contributed by atoms with Crippen LogP contribution in [0.25, 0.3) is 0 Å². The van der Waals surface area contributed by atoms with E-state index in [4.69, 9.17) is 11.6 Å². The van der Waals surface area contributed by atoms with Gasteiger partial charge in [-0.05, 0) is 63.4 Å². The Kier molecular flexibility index (Phi) is 5.30. The van der Waals surface area contributed by atoms with E-state index in [1.54, 1.807) is 32.2 Å². The van der Waals surface area contributed by atoms with Crippen LogP contribution >= 0.6 is 11.6 Å². The summed E-state index contributed by atoms with van der Waals surface area (Å²) in [6.07, 6.45) is 3.82. The van der Waals surface area contributed by atoms with Crippen LogP contribution < -0.4 is 5.32 Å². The smallest absolute Gasteiger partial charge is 0.243 e. The van der Waals surface area contributed by atoms with Crippen molar-refractivity contribution in [1.82, 2.24) is 9.62 Å². The second-order valence-electron chi connectivity index (χ2n) is 5.73. The maximum absolute atomic E-state index is 12.8. The molecule has 1 aliphatic carbocycles. The molecule has 118 valence electrons. The summed E-state index contributed by atoms with van der Waals surface area (Å²) < 4.78 is 27.1. The van der Waals surface area contributed by atoms with Gasteiger partial charge >= 0.3 is 0 Å². The molecule has 0 aliphatic heterocycles. The van der Waals surface area contributed by atoms with Crippen molar-refractivity contribution in [3.63, 3.8) is 0 Å². The SMILES string of the molecule is CNC1CCC(N(C)S(=O)(=O)c2ccc(Cl)cc2C)CC1. The van der Waals surface area contributed by atoms with E-state index < -0.39 is 10.0 Å². The molecule has 1 aliphatic rings. The van der Waals surface area contributed by atoms with Crippen molar-refractivity contribution >= 4 is 21.6 Å². The van der Waals surface area contributed by atoms with E-state index in [-0.39, 0.29) is 6.04 Å². The largest absolute Gasteiger partial charge is 0.317 e. The van der Waals surface area contributed by atoms with Gasteiger partial charge in [-0.25, -0.2) is 8.42 Å². The van der Waals surface area contributed by atoms with E-state index in [9.17, 15) is 8.42 Å². The summed E-state index contributed by atoms with van der Waals surface area (Å²) in [5, 5.41) is 3.83. The Hall–Kier alpha value is -0.620. The lowest BCUT2D eigenvalue weighted by atomic mass is 9.91. The number of rotatable bonds is 4. The number of nitrogens with zero attached hydrogens (tertiary/aromatic N) is 1. The Labute approximate surface area is 132 Å². The Balaban J connectivity index is 2.19. The van der Waals surface area contributed by atoms with Gasteiger partial charge in [-0.1, -0.05) is 11.6 Å². The van der Waals surface area contributed by atoms with Crippen LogP contribution in [-0.4, -0.2) is 38.9 Å². The third kappa shape index (κ3) is 3.59. The van der Waals surface area contributed by atoms with E-state index in [0.717, 1.165) is 25.7 Å². The Bertz CT molecular complexity index is 596. The minimum atomic E-state index is -3.46. The average molecular weight is 331 g/mol. The minimum absolute atomic E-state index is 0.0784. The maximum Gasteiger partial charge on any atom is 0.243 e. The highest BCUT2D eigenvalue weighted by Crippen LogP contribution is 2.28. The quantitative estimate of drug-likeness (QED) is 0.923. The van der Waals surface area contributed by atoms with Crippen molar-refractivity contribution in [1.29, 1.82) is 0 Å². The zero-order chi connectivity index (χ0) is 15.6. The van der Waals surface area contributed by atoms with Gasteiger partial charge in [0, 0.05) is 24.2 Å². The summed E-state index contributed by atoms with van der Waals surface area (Å²) in [6, 6.07) is 5.51. The number of nitrogens with one attached hydrogen (secondary N) is 1. The monoisotopic (exact) mass is 330 g/mol. The van der Waals surface area contributed by atoms with E-state index >= 15 is 0 Å². The molecule has 0 aromatic heterocycles. The van der Waals surface area contributed by atoms with E-state index in [1.165, 1.54) is 4.31 Å². The fourth-order valence-electron chi connectivity index (χ4n) is 2.98. The molecule has 21 heavy (non-hydrogen) atoms. The number of aryl methyl sites for hydroxylation is 1. The molecule has 0 atom stereocenters. The second-order valence-corrected chi connectivity index (χ2v) is 8.13. The van der Waals surface area contributed by atoms with Crippen LogP contribution in [0.5, 0.6) is 0 Å². The molecule has 1 saturated carbocycles. The third-order valence-corrected chi connectivity index (χ3v) is 6.72. The summed E-state index contributed by atoms with van der Waals surface area (Å²) in [7, 11) is 0.193. The van der Waals surface area contributed by atoms with Crippen LogP contribution in [-0.2, 0) is 10.0 Å². The number of sulfonamides is 1. The molecule has 4 nitrogen and oxygen atoms in total. The molecule has 1 fully saturated rings. The lowest BCUT2D eigenvalue weighted by molar-refractivity contribution is 0.255. The molecule has 0 unspecified atom stereocenters. The van der Waals surface area contributed by atoms with E-state index in [0.29, 0.717) is 21.5 Å².